The summed E-state index contributed by atoms with van der Waals surface area (Å²) in [6.07, 6.45) is 0.885. The average Bonchev–Trinajstić information content (AvgIpc) is 2.26. The summed E-state index contributed by atoms with van der Waals surface area (Å²) < 4.78 is 1.07. The van der Waals surface area contributed by atoms with Gasteiger partial charge in [0.25, 0.3) is 0 Å². The SMILES string of the molecule is O=Cc1ccc2c(c1)-c1cc(Br)ccc1-2. The van der Waals surface area contributed by atoms with Crippen LogP contribution in [0.5, 0.6) is 0 Å². The number of carbonyl (C=O) groups excluding carboxylic acids is 1. The summed E-state index contributed by atoms with van der Waals surface area (Å²) in [6.45, 7) is 0. The van der Waals surface area contributed by atoms with E-state index in [1.807, 2.05) is 24.3 Å². The molecule has 3 rings (SSSR count). The molecule has 0 N–H and O–H groups in total. The summed E-state index contributed by atoms with van der Waals surface area (Å²) in [4.78, 5) is 10.7. The Labute approximate surface area is 95.9 Å². The van der Waals surface area contributed by atoms with Crippen molar-refractivity contribution in [1.82, 2.24) is 0 Å². The molecule has 0 aromatic heterocycles. The van der Waals surface area contributed by atoms with E-state index in [9.17, 15) is 4.79 Å². The molecule has 0 unspecified atom stereocenters. The van der Waals surface area contributed by atoms with Crippen LogP contribution in [0.15, 0.2) is 40.9 Å². The van der Waals surface area contributed by atoms with E-state index < -0.39 is 0 Å². The zero-order valence-corrected chi connectivity index (χ0v) is 9.41. The van der Waals surface area contributed by atoms with Crippen molar-refractivity contribution in [2.24, 2.45) is 0 Å². The number of hydrogen-bond donors (Lipinski definition) is 0. The summed E-state index contributed by atoms with van der Waals surface area (Å²) in [6, 6.07) is 12.0. The third-order valence-electron chi connectivity index (χ3n) is 2.74. The molecule has 0 atom stereocenters. The Morgan fingerprint density at radius 2 is 1.53 bits per heavy atom. The predicted molar refractivity (Wildman–Crippen MR) is 64.0 cm³/mol. The zero-order chi connectivity index (χ0) is 10.4. The normalized spacial score (nSPS) is 11.3. The second-order valence-electron chi connectivity index (χ2n) is 3.61. The smallest absolute Gasteiger partial charge is 0.150 e. The van der Waals surface area contributed by atoms with Crippen LogP contribution in [0, 0.1) is 0 Å². The molecule has 0 aliphatic heterocycles. The molecule has 0 saturated carbocycles. The van der Waals surface area contributed by atoms with Crippen molar-refractivity contribution in [3.8, 4) is 22.3 Å². The van der Waals surface area contributed by atoms with Gasteiger partial charge in [-0.15, -0.1) is 0 Å². The van der Waals surface area contributed by atoms with Crippen molar-refractivity contribution in [2.45, 2.75) is 0 Å². The van der Waals surface area contributed by atoms with Crippen LogP contribution in [0.25, 0.3) is 22.3 Å². The average molecular weight is 259 g/mol. The largest absolute Gasteiger partial charge is 0.298 e. The summed E-state index contributed by atoms with van der Waals surface area (Å²) in [7, 11) is 0. The van der Waals surface area contributed by atoms with Crippen LogP contribution in [0.4, 0.5) is 0 Å². The number of halogens is 1. The second kappa shape index (κ2) is 3.04. The van der Waals surface area contributed by atoms with E-state index in [1.165, 1.54) is 22.3 Å². The van der Waals surface area contributed by atoms with Crippen LogP contribution < -0.4 is 0 Å². The van der Waals surface area contributed by atoms with E-state index in [0.717, 1.165) is 16.3 Å². The first-order chi connectivity index (χ1) is 7.29. The fraction of sp³-hybridized carbons (Fsp3) is 0. The lowest BCUT2D eigenvalue weighted by Crippen LogP contribution is -1.99. The maximum absolute atomic E-state index is 10.7. The monoisotopic (exact) mass is 258 g/mol. The standard InChI is InChI=1S/C13H7BrO/c14-9-2-4-11-10-3-1-8(7-15)5-12(10)13(11)6-9/h1-7H. The van der Waals surface area contributed by atoms with Gasteiger partial charge >= 0.3 is 0 Å². The van der Waals surface area contributed by atoms with Crippen LogP contribution in [0.3, 0.4) is 0 Å². The summed E-state index contributed by atoms with van der Waals surface area (Å²) in [5, 5.41) is 0. The zero-order valence-electron chi connectivity index (χ0n) is 7.83. The quantitative estimate of drug-likeness (QED) is 0.605. The minimum atomic E-state index is 0.736. The Morgan fingerprint density at radius 1 is 0.867 bits per heavy atom. The summed E-state index contributed by atoms with van der Waals surface area (Å²) in [5.74, 6) is 0. The molecule has 15 heavy (non-hydrogen) atoms. The lowest BCUT2D eigenvalue weighted by molar-refractivity contribution is 0.112. The molecule has 0 fully saturated rings. The van der Waals surface area contributed by atoms with E-state index in [0.29, 0.717) is 0 Å². The Morgan fingerprint density at radius 3 is 2.27 bits per heavy atom. The highest BCUT2D eigenvalue weighted by Gasteiger charge is 2.22. The minimum absolute atomic E-state index is 0.736. The molecule has 0 spiro atoms. The van der Waals surface area contributed by atoms with Crippen molar-refractivity contribution in [2.75, 3.05) is 0 Å². The molecule has 2 heteroatoms. The first kappa shape index (κ1) is 8.86. The second-order valence-corrected chi connectivity index (χ2v) is 4.53. The van der Waals surface area contributed by atoms with Crippen LogP contribution >= 0.6 is 15.9 Å². The van der Waals surface area contributed by atoms with E-state index in [4.69, 9.17) is 0 Å². The van der Waals surface area contributed by atoms with Crippen molar-refractivity contribution in [3.63, 3.8) is 0 Å². The van der Waals surface area contributed by atoms with E-state index in [1.54, 1.807) is 0 Å². The molecule has 0 bridgehead atoms. The van der Waals surface area contributed by atoms with Gasteiger partial charge in [-0.3, -0.25) is 4.79 Å². The van der Waals surface area contributed by atoms with Crippen LogP contribution in [-0.4, -0.2) is 6.29 Å². The van der Waals surface area contributed by atoms with E-state index in [-0.39, 0.29) is 0 Å². The molecule has 0 heterocycles. The molecule has 0 amide bonds. The molecule has 1 nitrogen and oxygen atoms in total. The van der Waals surface area contributed by atoms with Gasteiger partial charge in [0.15, 0.2) is 0 Å². The lowest BCUT2D eigenvalue weighted by atomic mass is 9.80. The topological polar surface area (TPSA) is 17.1 Å². The van der Waals surface area contributed by atoms with Crippen molar-refractivity contribution >= 4 is 22.2 Å². The van der Waals surface area contributed by atoms with Gasteiger partial charge in [-0.25, -0.2) is 0 Å². The Hall–Kier alpha value is -1.41. The van der Waals surface area contributed by atoms with E-state index in [2.05, 4.69) is 28.1 Å². The highest BCUT2D eigenvalue weighted by Crippen LogP contribution is 2.48. The van der Waals surface area contributed by atoms with Gasteiger partial charge in [-0.05, 0) is 40.5 Å². The van der Waals surface area contributed by atoms with Gasteiger partial charge in [0.05, 0.1) is 0 Å². The number of hydrogen-bond acceptors (Lipinski definition) is 1. The molecular formula is C13H7BrO. The maximum atomic E-state index is 10.7. The molecular weight excluding hydrogens is 252 g/mol. The predicted octanol–water partition coefficient (Wildman–Crippen LogP) is 3.91. The van der Waals surface area contributed by atoms with Crippen LogP contribution in [0.1, 0.15) is 10.4 Å². The Kier molecular flexibility index (Phi) is 1.80. The fourth-order valence-corrected chi connectivity index (χ4v) is 2.37. The van der Waals surface area contributed by atoms with E-state index >= 15 is 0 Å². The molecule has 2 aromatic rings. The van der Waals surface area contributed by atoms with Crippen molar-refractivity contribution in [3.05, 3.63) is 46.4 Å². The molecule has 72 valence electrons. The first-order valence-corrected chi connectivity index (χ1v) is 5.48. The Balaban J connectivity index is 2.22. The lowest BCUT2D eigenvalue weighted by Gasteiger charge is -2.24. The van der Waals surface area contributed by atoms with Crippen molar-refractivity contribution < 1.29 is 4.79 Å². The van der Waals surface area contributed by atoms with Crippen LogP contribution in [-0.2, 0) is 0 Å². The van der Waals surface area contributed by atoms with Gasteiger partial charge in [0, 0.05) is 10.0 Å². The summed E-state index contributed by atoms with van der Waals surface area (Å²) in [5.41, 5.74) is 5.65. The van der Waals surface area contributed by atoms with Gasteiger partial charge in [-0.1, -0.05) is 34.1 Å². The molecule has 1 aliphatic rings. The van der Waals surface area contributed by atoms with Gasteiger partial charge in [-0.2, -0.15) is 0 Å². The van der Waals surface area contributed by atoms with Crippen LogP contribution in [0.2, 0.25) is 0 Å². The maximum Gasteiger partial charge on any atom is 0.150 e. The Bertz CT molecular complexity index is 573. The number of benzene rings is 2. The third-order valence-corrected chi connectivity index (χ3v) is 3.23. The van der Waals surface area contributed by atoms with Gasteiger partial charge < -0.3 is 0 Å². The number of fused-ring (bicyclic) bond motifs is 4. The third kappa shape index (κ3) is 1.18. The molecule has 1 aliphatic carbocycles. The summed E-state index contributed by atoms with van der Waals surface area (Å²) >= 11 is 3.45. The molecule has 0 saturated heterocycles. The number of carbonyl (C=O) groups is 1. The molecule has 2 aromatic carbocycles. The van der Waals surface area contributed by atoms with Crippen molar-refractivity contribution in [1.29, 1.82) is 0 Å². The molecule has 0 radical (unpaired) electrons. The number of rotatable bonds is 1. The highest BCUT2D eigenvalue weighted by molar-refractivity contribution is 9.10. The fourth-order valence-electron chi connectivity index (χ4n) is 2.00. The van der Waals surface area contributed by atoms with Gasteiger partial charge in [0.2, 0.25) is 0 Å². The van der Waals surface area contributed by atoms with Gasteiger partial charge in [0.1, 0.15) is 6.29 Å². The first-order valence-electron chi connectivity index (χ1n) is 4.69. The number of aldehydes is 1. The highest BCUT2D eigenvalue weighted by atomic mass is 79.9. The minimum Gasteiger partial charge on any atom is -0.298 e.